The number of sulfonamides is 1. The number of hydrogen-bond donors (Lipinski definition) is 3. The molecule has 1 aromatic heterocycles. The van der Waals surface area contributed by atoms with E-state index in [0.717, 1.165) is 16.1 Å². The van der Waals surface area contributed by atoms with Gasteiger partial charge in [-0.25, -0.2) is 18.1 Å². The number of carbonyl (C=O) groups excluding carboxylic acids is 2. The molecular weight excluding hydrogens is 436 g/mol. The number of aromatic nitrogens is 1. The summed E-state index contributed by atoms with van der Waals surface area (Å²) >= 11 is 1.26. The van der Waals surface area contributed by atoms with E-state index >= 15 is 0 Å². The van der Waals surface area contributed by atoms with Crippen LogP contribution in [0.25, 0.3) is 10.6 Å². The first-order chi connectivity index (χ1) is 14.8. The lowest BCUT2D eigenvalue weighted by Gasteiger charge is -2.07. The highest BCUT2D eigenvalue weighted by Crippen LogP contribution is 2.27. The van der Waals surface area contributed by atoms with Gasteiger partial charge in [0.25, 0.3) is 5.91 Å². The molecule has 1 heterocycles. The summed E-state index contributed by atoms with van der Waals surface area (Å²) in [7, 11) is -2.15. The molecule has 0 aliphatic rings. The molecule has 3 aromatic rings. The Labute approximate surface area is 184 Å². The zero-order valence-corrected chi connectivity index (χ0v) is 18.6. The normalized spacial score (nSPS) is 11.2. The average molecular weight is 459 g/mol. The van der Waals surface area contributed by atoms with E-state index in [4.69, 9.17) is 0 Å². The van der Waals surface area contributed by atoms with E-state index in [1.165, 1.54) is 30.5 Å². The zero-order chi connectivity index (χ0) is 22.4. The van der Waals surface area contributed by atoms with E-state index in [0.29, 0.717) is 17.0 Å². The van der Waals surface area contributed by atoms with Crippen molar-refractivity contribution in [3.63, 3.8) is 0 Å². The average Bonchev–Trinajstić information content (AvgIpc) is 3.18. The van der Waals surface area contributed by atoms with Gasteiger partial charge in [-0.3, -0.25) is 20.4 Å². The van der Waals surface area contributed by atoms with Gasteiger partial charge >= 0.3 is 0 Å². The number of nitrogens with zero attached hydrogens (tertiary/aromatic N) is 1. The molecule has 0 atom stereocenters. The van der Waals surface area contributed by atoms with Gasteiger partial charge in [-0.05, 0) is 38.1 Å². The molecule has 0 spiro atoms. The van der Waals surface area contributed by atoms with Crippen molar-refractivity contribution in [2.75, 3.05) is 7.05 Å². The number of benzene rings is 2. The van der Waals surface area contributed by atoms with Gasteiger partial charge < -0.3 is 0 Å². The molecule has 0 saturated carbocycles. The summed E-state index contributed by atoms with van der Waals surface area (Å²) in [6.07, 6.45) is 0.536. The van der Waals surface area contributed by atoms with Crippen molar-refractivity contribution in [3.05, 3.63) is 70.7 Å². The van der Waals surface area contributed by atoms with Crippen LogP contribution in [0.1, 0.15) is 27.3 Å². The van der Waals surface area contributed by atoms with Crippen LogP contribution in [0.5, 0.6) is 0 Å². The molecule has 0 aliphatic carbocycles. The Morgan fingerprint density at radius 2 is 1.68 bits per heavy atom. The lowest BCUT2D eigenvalue weighted by atomic mass is 10.1. The van der Waals surface area contributed by atoms with Crippen LogP contribution < -0.4 is 15.6 Å². The van der Waals surface area contributed by atoms with Crippen LogP contribution in [0.15, 0.2) is 59.5 Å². The first kappa shape index (κ1) is 22.6. The van der Waals surface area contributed by atoms with E-state index in [1.807, 2.05) is 30.3 Å². The molecule has 0 fully saturated rings. The van der Waals surface area contributed by atoms with Gasteiger partial charge in [0.15, 0.2) is 0 Å². The molecule has 10 heteroatoms. The molecule has 2 amide bonds. The first-order valence-electron chi connectivity index (χ1n) is 9.44. The van der Waals surface area contributed by atoms with Crippen molar-refractivity contribution in [2.45, 2.75) is 24.7 Å². The van der Waals surface area contributed by atoms with Crippen molar-refractivity contribution < 1.29 is 18.0 Å². The van der Waals surface area contributed by atoms with E-state index in [2.05, 4.69) is 20.6 Å². The number of carbonyl (C=O) groups is 2. The minimum absolute atomic E-state index is 0.134. The van der Waals surface area contributed by atoms with Gasteiger partial charge in [0.05, 0.1) is 10.6 Å². The van der Waals surface area contributed by atoms with Crippen LogP contribution >= 0.6 is 11.3 Å². The van der Waals surface area contributed by atoms with Crippen LogP contribution in [0.2, 0.25) is 0 Å². The quantitative estimate of drug-likeness (QED) is 0.470. The molecule has 0 unspecified atom stereocenters. The molecule has 3 rings (SSSR count). The molecule has 31 heavy (non-hydrogen) atoms. The topological polar surface area (TPSA) is 117 Å². The maximum absolute atomic E-state index is 12.4. The van der Waals surface area contributed by atoms with Crippen LogP contribution in [0, 0.1) is 6.92 Å². The summed E-state index contributed by atoms with van der Waals surface area (Å²) in [5.74, 6) is -0.780. The standard InChI is InChI=1S/C21H22N4O4S2/c1-14-19(30-21(23-14)16-6-4-3-5-7-16)20(27)25-24-18(26)13-10-15-8-11-17(12-9-15)31(28,29)22-2/h3-9,11-12,22H,10,13H2,1-2H3,(H,24,26)(H,25,27). The molecule has 162 valence electrons. The second-order valence-electron chi connectivity index (χ2n) is 6.65. The van der Waals surface area contributed by atoms with Crippen LogP contribution in [0.3, 0.4) is 0 Å². The highest BCUT2D eigenvalue weighted by molar-refractivity contribution is 7.89. The smallest absolute Gasteiger partial charge is 0.273 e. The number of thiazole rings is 1. The highest BCUT2D eigenvalue weighted by Gasteiger charge is 2.17. The fourth-order valence-corrected chi connectivity index (χ4v) is 4.47. The first-order valence-corrected chi connectivity index (χ1v) is 11.7. The highest BCUT2D eigenvalue weighted by atomic mass is 32.2. The maximum atomic E-state index is 12.4. The van der Waals surface area contributed by atoms with Crippen molar-refractivity contribution in [2.24, 2.45) is 0 Å². The van der Waals surface area contributed by atoms with E-state index in [-0.39, 0.29) is 17.2 Å². The molecule has 3 N–H and O–H groups in total. The van der Waals surface area contributed by atoms with Gasteiger partial charge in [0, 0.05) is 12.0 Å². The third kappa shape index (κ3) is 5.75. The van der Waals surface area contributed by atoms with Crippen LogP contribution in [-0.2, 0) is 21.2 Å². The molecule has 0 radical (unpaired) electrons. The summed E-state index contributed by atoms with van der Waals surface area (Å²) in [5.41, 5.74) is 7.15. The summed E-state index contributed by atoms with van der Waals surface area (Å²) in [6, 6.07) is 15.8. The zero-order valence-electron chi connectivity index (χ0n) is 17.0. The van der Waals surface area contributed by atoms with Crippen molar-refractivity contribution in [1.29, 1.82) is 0 Å². The minimum Gasteiger partial charge on any atom is -0.273 e. The maximum Gasteiger partial charge on any atom is 0.281 e. The Morgan fingerprint density at radius 1 is 1.00 bits per heavy atom. The Bertz CT molecular complexity index is 1170. The molecular formula is C21H22N4O4S2. The Hall–Kier alpha value is -3.08. The second kappa shape index (κ2) is 9.82. The molecule has 0 bridgehead atoms. The lowest BCUT2D eigenvalue weighted by Crippen LogP contribution is -2.41. The van der Waals surface area contributed by atoms with Crippen molar-refractivity contribution in [1.82, 2.24) is 20.6 Å². The fraction of sp³-hybridized carbons (Fsp3) is 0.190. The minimum atomic E-state index is -3.49. The van der Waals surface area contributed by atoms with E-state index in [1.54, 1.807) is 19.1 Å². The van der Waals surface area contributed by atoms with Crippen LogP contribution in [0.4, 0.5) is 0 Å². The van der Waals surface area contributed by atoms with Gasteiger partial charge in [0.1, 0.15) is 9.88 Å². The number of hydrazine groups is 1. The summed E-state index contributed by atoms with van der Waals surface area (Å²) < 4.78 is 25.7. The molecule has 8 nitrogen and oxygen atoms in total. The van der Waals surface area contributed by atoms with Gasteiger partial charge in [-0.1, -0.05) is 42.5 Å². The summed E-state index contributed by atoms with van der Waals surface area (Å²) in [4.78, 5) is 29.5. The summed E-state index contributed by atoms with van der Waals surface area (Å²) in [6.45, 7) is 1.75. The fourth-order valence-electron chi connectivity index (χ4n) is 2.77. The van der Waals surface area contributed by atoms with Crippen molar-refractivity contribution >= 4 is 33.2 Å². The number of nitrogens with one attached hydrogen (secondary N) is 3. The van der Waals surface area contributed by atoms with Gasteiger partial charge in [-0.15, -0.1) is 11.3 Å². The number of rotatable bonds is 7. The Kier molecular flexibility index (Phi) is 7.16. The van der Waals surface area contributed by atoms with Gasteiger partial charge in [-0.2, -0.15) is 0 Å². The second-order valence-corrected chi connectivity index (χ2v) is 9.54. The number of amides is 2. The predicted octanol–water partition coefficient (Wildman–Crippen LogP) is 2.42. The monoisotopic (exact) mass is 458 g/mol. The summed E-state index contributed by atoms with van der Waals surface area (Å²) in [5, 5.41) is 0.735. The van der Waals surface area contributed by atoms with E-state index in [9.17, 15) is 18.0 Å². The van der Waals surface area contributed by atoms with Crippen molar-refractivity contribution in [3.8, 4) is 10.6 Å². The predicted molar refractivity (Wildman–Crippen MR) is 119 cm³/mol. The van der Waals surface area contributed by atoms with Crippen LogP contribution in [-0.4, -0.2) is 32.3 Å². The molecule has 0 saturated heterocycles. The van der Waals surface area contributed by atoms with Gasteiger partial charge in [0.2, 0.25) is 15.9 Å². The SMILES string of the molecule is CNS(=O)(=O)c1ccc(CCC(=O)NNC(=O)c2sc(-c3ccccc3)nc2C)cc1. The largest absolute Gasteiger partial charge is 0.281 e. The molecule has 2 aromatic carbocycles. The Balaban J connectivity index is 1.52. The third-order valence-electron chi connectivity index (χ3n) is 4.48. The Morgan fingerprint density at radius 3 is 2.32 bits per heavy atom. The third-order valence-corrected chi connectivity index (χ3v) is 7.12. The number of aryl methyl sites for hydroxylation is 2. The lowest BCUT2D eigenvalue weighted by molar-refractivity contribution is -0.121. The number of hydrogen-bond acceptors (Lipinski definition) is 6. The molecule has 0 aliphatic heterocycles. The van der Waals surface area contributed by atoms with E-state index < -0.39 is 15.9 Å².